The van der Waals surface area contributed by atoms with E-state index in [2.05, 4.69) is 35.0 Å². The Hall–Kier alpha value is -3.08. The Morgan fingerprint density at radius 3 is 2.77 bits per heavy atom. The van der Waals surface area contributed by atoms with Crippen molar-refractivity contribution in [1.82, 2.24) is 29.6 Å². The Kier molecular flexibility index (Phi) is 7.34. The smallest absolute Gasteiger partial charge is 0.255 e. The van der Waals surface area contributed by atoms with E-state index < -0.39 is 8.07 Å². The predicted octanol–water partition coefficient (Wildman–Crippen LogP) is 3.93. The molecule has 0 radical (unpaired) electrons. The van der Waals surface area contributed by atoms with Gasteiger partial charge in [-0.05, 0) is 30.2 Å². The van der Waals surface area contributed by atoms with Crippen molar-refractivity contribution in [1.29, 1.82) is 0 Å². The van der Waals surface area contributed by atoms with Gasteiger partial charge in [-0.1, -0.05) is 32.6 Å². The summed E-state index contributed by atoms with van der Waals surface area (Å²) in [7, 11) is 0.669. The number of aliphatic hydroxyl groups is 1. The van der Waals surface area contributed by atoms with Gasteiger partial charge in [-0.3, -0.25) is 9.48 Å². The lowest BCUT2D eigenvalue weighted by Crippen LogP contribution is -2.24. The third-order valence-corrected chi connectivity index (χ3v) is 7.62. The van der Waals surface area contributed by atoms with Gasteiger partial charge in [0.05, 0.1) is 23.9 Å². The molecule has 0 saturated carbocycles. The molecular weight excluding hydrogens is 460 g/mol. The summed E-state index contributed by atoms with van der Waals surface area (Å²) in [5.41, 5.74) is 4.52. The molecule has 0 atom stereocenters. The van der Waals surface area contributed by atoms with Crippen LogP contribution in [0.5, 0.6) is 0 Å². The zero-order valence-electron chi connectivity index (χ0n) is 21.1. The van der Waals surface area contributed by atoms with E-state index in [1.807, 2.05) is 36.7 Å². The normalized spacial score (nSPS) is 12.1. The number of benzene rings is 1. The summed E-state index contributed by atoms with van der Waals surface area (Å²) in [4.78, 5) is 22.5. The molecular formula is C25H34N6O3Si. The first-order valence-corrected chi connectivity index (χ1v) is 15.7. The van der Waals surface area contributed by atoms with E-state index in [9.17, 15) is 9.90 Å². The largest absolute Gasteiger partial charge is 0.392 e. The number of aromatic nitrogens is 5. The van der Waals surface area contributed by atoms with Crippen LogP contribution in [-0.2, 0) is 25.1 Å². The van der Waals surface area contributed by atoms with E-state index in [0.29, 0.717) is 48.0 Å². The van der Waals surface area contributed by atoms with Gasteiger partial charge < -0.3 is 19.7 Å². The van der Waals surface area contributed by atoms with Gasteiger partial charge in [0.1, 0.15) is 23.6 Å². The highest BCUT2D eigenvalue weighted by Gasteiger charge is 2.21. The van der Waals surface area contributed by atoms with Crippen LogP contribution in [-0.4, -0.2) is 56.6 Å². The third kappa shape index (κ3) is 5.44. The molecule has 0 aliphatic heterocycles. The second-order valence-corrected chi connectivity index (χ2v) is 15.6. The number of hydrogen-bond acceptors (Lipinski definition) is 6. The molecule has 10 heteroatoms. The summed E-state index contributed by atoms with van der Waals surface area (Å²) in [6.07, 6.45) is 4.30. The Morgan fingerprint density at radius 2 is 2.06 bits per heavy atom. The molecule has 35 heavy (non-hydrogen) atoms. The predicted molar refractivity (Wildman–Crippen MR) is 140 cm³/mol. The summed E-state index contributed by atoms with van der Waals surface area (Å²) in [6.45, 7) is 10.5. The van der Waals surface area contributed by atoms with Crippen LogP contribution in [0.4, 0.5) is 0 Å². The minimum absolute atomic E-state index is 0.0582. The van der Waals surface area contributed by atoms with Crippen LogP contribution >= 0.6 is 0 Å². The van der Waals surface area contributed by atoms with Gasteiger partial charge in [0.15, 0.2) is 5.65 Å². The molecule has 0 aliphatic carbocycles. The standard InChI is InChI=1S/C25H34N6O3Si/c1-6-9-26-25(33)19-14-31(16-34-10-11-35(3,4)5)24-23(19)28-20(13-27-24)22-18-12-17(15-32)7-8-21(18)30(2)29-22/h7-8,12-14,32H,6,9-11,15-16H2,1-5H3,(H,26,33). The molecule has 186 valence electrons. The van der Waals surface area contributed by atoms with Crippen molar-refractivity contribution in [3.63, 3.8) is 0 Å². The van der Waals surface area contributed by atoms with E-state index in [1.54, 1.807) is 17.1 Å². The summed E-state index contributed by atoms with van der Waals surface area (Å²) < 4.78 is 9.56. The van der Waals surface area contributed by atoms with Crippen molar-refractivity contribution >= 4 is 36.0 Å². The highest BCUT2D eigenvalue weighted by molar-refractivity contribution is 6.76. The number of hydrogen-bond donors (Lipinski definition) is 2. The quantitative estimate of drug-likeness (QED) is 0.256. The average molecular weight is 495 g/mol. The summed E-state index contributed by atoms with van der Waals surface area (Å²) in [5.74, 6) is -0.183. The molecule has 2 N–H and O–H groups in total. The van der Waals surface area contributed by atoms with Gasteiger partial charge in [-0.2, -0.15) is 5.10 Å². The number of nitrogens with zero attached hydrogens (tertiary/aromatic N) is 5. The van der Waals surface area contributed by atoms with Gasteiger partial charge in [0.25, 0.3) is 5.91 Å². The molecule has 3 aromatic heterocycles. The molecule has 3 heterocycles. The van der Waals surface area contributed by atoms with Crippen LogP contribution in [0.2, 0.25) is 25.7 Å². The molecule has 0 bridgehead atoms. The Labute approximate surface area is 206 Å². The minimum atomic E-state index is -1.20. The van der Waals surface area contributed by atoms with Gasteiger partial charge >= 0.3 is 0 Å². The second kappa shape index (κ2) is 10.3. The van der Waals surface area contributed by atoms with E-state index >= 15 is 0 Å². The fraction of sp³-hybridized carbons (Fsp3) is 0.440. The van der Waals surface area contributed by atoms with Gasteiger partial charge in [-0.15, -0.1) is 0 Å². The van der Waals surface area contributed by atoms with Crippen LogP contribution in [0.1, 0.15) is 29.3 Å². The van der Waals surface area contributed by atoms with Crippen LogP contribution in [0.15, 0.2) is 30.6 Å². The fourth-order valence-corrected chi connectivity index (χ4v) is 4.66. The Bertz CT molecular complexity index is 1350. The Morgan fingerprint density at radius 1 is 1.26 bits per heavy atom. The van der Waals surface area contributed by atoms with Crippen LogP contribution in [0.3, 0.4) is 0 Å². The zero-order valence-corrected chi connectivity index (χ0v) is 22.1. The SMILES string of the molecule is CCCNC(=O)c1cn(COCC[Si](C)(C)C)c2ncc(-c3nn(C)c4ccc(CO)cc34)nc12. The van der Waals surface area contributed by atoms with Crippen LogP contribution in [0.25, 0.3) is 33.5 Å². The summed E-state index contributed by atoms with van der Waals surface area (Å²) in [5, 5.41) is 18.1. The van der Waals surface area contributed by atoms with Crippen LogP contribution < -0.4 is 5.32 Å². The van der Waals surface area contributed by atoms with Crippen molar-refractivity contribution in [2.45, 2.75) is 52.4 Å². The molecule has 9 nitrogen and oxygen atoms in total. The van der Waals surface area contributed by atoms with Crippen molar-refractivity contribution < 1.29 is 14.6 Å². The molecule has 0 spiro atoms. The molecule has 1 aromatic carbocycles. The maximum atomic E-state index is 13.0. The number of carbonyl (C=O) groups excluding carboxylic acids is 1. The van der Waals surface area contributed by atoms with Crippen molar-refractivity contribution in [2.75, 3.05) is 13.2 Å². The number of aryl methyl sites for hydroxylation is 1. The Balaban J connectivity index is 1.75. The number of aliphatic hydroxyl groups excluding tert-OH is 1. The van der Waals surface area contributed by atoms with Crippen molar-refractivity contribution in [2.24, 2.45) is 7.05 Å². The van der Waals surface area contributed by atoms with Gasteiger partial charge in [-0.25, -0.2) is 9.97 Å². The van der Waals surface area contributed by atoms with Crippen molar-refractivity contribution in [3.05, 3.63) is 41.7 Å². The second-order valence-electron chi connectivity index (χ2n) is 10.0. The van der Waals surface area contributed by atoms with E-state index in [1.165, 1.54) is 0 Å². The number of rotatable bonds is 10. The minimum Gasteiger partial charge on any atom is -0.392 e. The highest BCUT2D eigenvalue weighted by Crippen LogP contribution is 2.29. The summed E-state index contributed by atoms with van der Waals surface area (Å²) >= 11 is 0. The first-order valence-electron chi connectivity index (χ1n) is 12.0. The van der Waals surface area contributed by atoms with E-state index in [-0.39, 0.29) is 12.5 Å². The number of amides is 1. The summed E-state index contributed by atoms with van der Waals surface area (Å²) in [6, 6.07) is 6.78. The molecule has 4 rings (SSSR count). The fourth-order valence-electron chi connectivity index (χ4n) is 3.91. The molecule has 1 amide bonds. The number of ether oxygens (including phenoxy) is 1. The number of nitrogens with one attached hydrogen (secondary N) is 1. The first kappa shape index (κ1) is 25.0. The van der Waals surface area contributed by atoms with Crippen LogP contribution in [0, 0.1) is 0 Å². The maximum Gasteiger partial charge on any atom is 0.255 e. The third-order valence-electron chi connectivity index (χ3n) is 5.91. The molecule has 0 fully saturated rings. The number of carbonyl (C=O) groups is 1. The first-order chi connectivity index (χ1) is 16.7. The molecule has 0 unspecified atom stereocenters. The van der Waals surface area contributed by atoms with E-state index in [4.69, 9.17) is 9.72 Å². The van der Waals surface area contributed by atoms with E-state index in [0.717, 1.165) is 28.9 Å². The lowest BCUT2D eigenvalue weighted by molar-refractivity contribution is 0.0892. The highest BCUT2D eigenvalue weighted by atomic mass is 28.3. The maximum absolute atomic E-state index is 13.0. The van der Waals surface area contributed by atoms with Gasteiger partial charge in [0.2, 0.25) is 0 Å². The van der Waals surface area contributed by atoms with Gasteiger partial charge in [0, 0.05) is 39.9 Å². The monoisotopic (exact) mass is 494 g/mol. The van der Waals surface area contributed by atoms with Crippen molar-refractivity contribution in [3.8, 4) is 11.4 Å². The molecule has 0 saturated heterocycles. The topological polar surface area (TPSA) is 107 Å². The lowest BCUT2D eigenvalue weighted by Gasteiger charge is -2.15. The average Bonchev–Trinajstić information content (AvgIpc) is 3.36. The zero-order chi connectivity index (χ0) is 25.2. The number of fused-ring (bicyclic) bond motifs is 2. The molecule has 4 aromatic rings. The lowest BCUT2D eigenvalue weighted by atomic mass is 10.1. The molecule has 0 aliphatic rings.